The predicted molar refractivity (Wildman–Crippen MR) is 104 cm³/mol. The minimum absolute atomic E-state index is 0.0980. The molecule has 1 saturated carbocycles. The molecule has 26 heavy (non-hydrogen) atoms. The summed E-state index contributed by atoms with van der Waals surface area (Å²) < 4.78 is 5.32. The third kappa shape index (κ3) is 3.45. The van der Waals surface area contributed by atoms with Gasteiger partial charge in [-0.15, -0.1) is 0 Å². The van der Waals surface area contributed by atoms with E-state index >= 15 is 0 Å². The number of likely N-dealkylation sites (tertiary alicyclic amines) is 1. The number of hydrogen-bond acceptors (Lipinski definition) is 2. The molecule has 4 heteroatoms. The van der Waals surface area contributed by atoms with Gasteiger partial charge in [-0.3, -0.25) is 4.79 Å². The highest BCUT2D eigenvalue weighted by atomic mass is 35.5. The number of hydrogen-bond donors (Lipinski definition) is 0. The van der Waals surface area contributed by atoms with Crippen molar-refractivity contribution in [1.29, 1.82) is 0 Å². The van der Waals surface area contributed by atoms with Crippen molar-refractivity contribution in [2.45, 2.75) is 37.6 Å². The molecule has 1 saturated heterocycles. The van der Waals surface area contributed by atoms with Crippen LogP contribution < -0.4 is 4.74 Å². The Labute approximate surface area is 159 Å². The Morgan fingerprint density at radius 2 is 2.08 bits per heavy atom. The fraction of sp³-hybridized carbons (Fsp3) is 0.409. The third-order valence-corrected chi connectivity index (χ3v) is 6.02. The van der Waals surface area contributed by atoms with Crippen LogP contribution in [-0.4, -0.2) is 30.5 Å². The molecule has 3 unspecified atom stereocenters. The zero-order valence-corrected chi connectivity index (χ0v) is 15.8. The number of ether oxygens (including phenoxy) is 1. The molecule has 2 aromatic rings. The first-order valence-corrected chi connectivity index (χ1v) is 9.73. The molecule has 1 aliphatic carbocycles. The van der Waals surface area contributed by atoms with Crippen molar-refractivity contribution < 1.29 is 9.53 Å². The Morgan fingerprint density at radius 3 is 2.88 bits per heavy atom. The van der Waals surface area contributed by atoms with Crippen LogP contribution in [-0.2, 0) is 11.2 Å². The van der Waals surface area contributed by atoms with E-state index < -0.39 is 0 Å². The van der Waals surface area contributed by atoms with Crippen molar-refractivity contribution in [3.63, 3.8) is 0 Å². The standard InChI is InChI=1S/C22H24ClNO2/c1-26-17-8-4-6-15(13-17)12-16-7-5-11-24(16)22(25)20-14-19(20)18-9-2-3-10-21(18)23/h2-4,6,8-10,13,16,19-20H,5,7,11-12,14H2,1H3. The van der Waals surface area contributed by atoms with Gasteiger partial charge in [0.15, 0.2) is 0 Å². The van der Waals surface area contributed by atoms with Gasteiger partial charge in [0.05, 0.1) is 7.11 Å². The molecule has 0 spiro atoms. The van der Waals surface area contributed by atoms with E-state index in [0.717, 1.165) is 48.6 Å². The highest BCUT2D eigenvalue weighted by molar-refractivity contribution is 6.31. The van der Waals surface area contributed by atoms with Crippen LogP contribution in [0.4, 0.5) is 0 Å². The van der Waals surface area contributed by atoms with Gasteiger partial charge in [-0.2, -0.15) is 0 Å². The van der Waals surface area contributed by atoms with Crippen LogP contribution in [0.5, 0.6) is 5.75 Å². The molecule has 0 N–H and O–H groups in total. The molecule has 1 amide bonds. The molecule has 0 aromatic heterocycles. The van der Waals surface area contributed by atoms with E-state index in [-0.39, 0.29) is 11.8 Å². The van der Waals surface area contributed by atoms with Crippen LogP contribution in [0.15, 0.2) is 48.5 Å². The average molecular weight is 370 g/mol. The van der Waals surface area contributed by atoms with Crippen LogP contribution in [0.25, 0.3) is 0 Å². The molecular weight excluding hydrogens is 346 g/mol. The van der Waals surface area contributed by atoms with E-state index in [0.29, 0.717) is 11.9 Å². The number of halogens is 1. The van der Waals surface area contributed by atoms with Crippen LogP contribution in [0.1, 0.15) is 36.3 Å². The summed E-state index contributed by atoms with van der Waals surface area (Å²) in [6.07, 6.45) is 3.98. The first kappa shape index (κ1) is 17.4. The van der Waals surface area contributed by atoms with E-state index in [4.69, 9.17) is 16.3 Å². The molecular formula is C22H24ClNO2. The van der Waals surface area contributed by atoms with E-state index in [1.54, 1.807) is 7.11 Å². The summed E-state index contributed by atoms with van der Waals surface area (Å²) in [6.45, 7) is 0.874. The van der Waals surface area contributed by atoms with Crippen molar-refractivity contribution in [2.24, 2.45) is 5.92 Å². The molecule has 136 valence electrons. The van der Waals surface area contributed by atoms with Crippen molar-refractivity contribution in [1.82, 2.24) is 4.90 Å². The molecule has 2 fully saturated rings. The number of amides is 1. The largest absolute Gasteiger partial charge is 0.497 e. The summed E-state index contributed by atoms with van der Waals surface area (Å²) in [5.74, 6) is 1.56. The maximum atomic E-state index is 13.1. The van der Waals surface area contributed by atoms with Gasteiger partial charge in [-0.05, 0) is 60.9 Å². The summed E-state index contributed by atoms with van der Waals surface area (Å²) in [5.41, 5.74) is 2.35. The van der Waals surface area contributed by atoms with E-state index in [1.165, 1.54) is 5.56 Å². The fourth-order valence-electron chi connectivity index (χ4n) is 4.21. The van der Waals surface area contributed by atoms with E-state index in [1.807, 2.05) is 30.3 Å². The number of nitrogens with zero attached hydrogens (tertiary/aromatic N) is 1. The van der Waals surface area contributed by atoms with Crippen LogP contribution in [0.3, 0.4) is 0 Å². The maximum Gasteiger partial charge on any atom is 0.226 e. The van der Waals surface area contributed by atoms with Crippen molar-refractivity contribution in [3.05, 3.63) is 64.7 Å². The Balaban J connectivity index is 1.44. The van der Waals surface area contributed by atoms with Gasteiger partial charge >= 0.3 is 0 Å². The number of benzene rings is 2. The molecule has 2 aromatic carbocycles. The van der Waals surface area contributed by atoms with Gasteiger partial charge in [0.1, 0.15) is 5.75 Å². The first-order valence-electron chi connectivity index (χ1n) is 9.35. The number of methoxy groups -OCH3 is 1. The molecule has 3 nitrogen and oxygen atoms in total. The Hall–Kier alpha value is -2.00. The van der Waals surface area contributed by atoms with Crippen LogP contribution >= 0.6 is 11.6 Å². The second-order valence-electron chi connectivity index (χ2n) is 7.35. The maximum absolute atomic E-state index is 13.1. The molecule has 0 bridgehead atoms. The summed E-state index contributed by atoms with van der Waals surface area (Å²) in [4.78, 5) is 15.2. The van der Waals surface area contributed by atoms with Gasteiger partial charge in [0.25, 0.3) is 0 Å². The summed E-state index contributed by atoms with van der Waals surface area (Å²) in [7, 11) is 1.69. The SMILES string of the molecule is COc1cccc(CC2CCCN2C(=O)C2CC2c2ccccc2Cl)c1. The highest BCUT2D eigenvalue weighted by Gasteiger charge is 2.48. The average Bonchev–Trinajstić information content (AvgIpc) is 3.32. The lowest BCUT2D eigenvalue weighted by Crippen LogP contribution is -2.38. The topological polar surface area (TPSA) is 29.5 Å². The van der Waals surface area contributed by atoms with Gasteiger partial charge in [-0.1, -0.05) is 41.9 Å². The molecule has 1 aliphatic heterocycles. The highest BCUT2D eigenvalue weighted by Crippen LogP contribution is 2.51. The smallest absolute Gasteiger partial charge is 0.226 e. The van der Waals surface area contributed by atoms with E-state index in [9.17, 15) is 4.79 Å². The number of rotatable bonds is 5. The number of carbonyl (C=O) groups is 1. The normalized spacial score (nSPS) is 24.5. The summed E-state index contributed by atoms with van der Waals surface area (Å²) >= 11 is 6.32. The second kappa shape index (κ2) is 7.32. The minimum Gasteiger partial charge on any atom is -0.497 e. The Morgan fingerprint density at radius 1 is 1.23 bits per heavy atom. The first-order chi connectivity index (χ1) is 12.7. The monoisotopic (exact) mass is 369 g/mol. The lowest BCUT2D eigenvalue weighted by atomic mass is 10.0. The lowest BCUT2D eigenvalue weighted by molar-refractivity contribution is -0.133. The third-order valence-electron chi connectivity index (χ3n) is 5.68. The zero-order valence-electron chi connectivity index (χ0n) is 15.0. The van der Waals surface area contributed by atoms with Crippen molar-refractivity contribution in [2.75, 3.05) is 13.7 Å². The fourth-order valence-corrected chi connectivity index (χ4v) is 4.49. The summed E-state index contributed by atoms with van der Waals surface area (Å²) in [5, 5.41) is 0.780. The van der Waals surface area contributed by atoms with Gasteiger partial charge in [-0.25, -0.2) is 0 Å². The molecule has 2 aliphatic rings. The quantitative estimate of drug-likeness (QED) is 0.765. The van der Waals surface area contributed by atoms with Gasteiger partial charge in [0.2, 0.25) is 5.91 Å². The van der Waals surface area contributed by atoms with Gasteiger partial charge < -0.3 is 9.64 Å². The zero-order chi connectivity index (χ0) is 18.1. The van der Waals surface area contributed by atoms with E-state index in [2.05, 4.69) is 23.1 Å². The molecule has 0 radical (unpaired) electrons. The number of carbonyl (C=O) groups excluding carboxylic acids is 1. The van der Waals surface area contributed by atoms with Crippen LogP contribution in [0, 0.1) is 5.92 Å². The molecule has 3 atom stereocenters. The van der Waals surface area contributed by atoms with Crippen molar-refractivity contribution >= 4 is 17.5 Å². The van der Waals surface area contributed by atoms with Crippen LogP contribution in [0.2, 0.25) is 5.02 Å². The Kier molecular flexibility index (Phi) is 4.90. The minimum atomic E-state index is 0.0980. The van der Waals surface area contributed by atoms with Gasteiger partial charge in [0, 0.05) is 23.5 Å². The second-order valence-corrected chi connectivity index (χ2v) is 7.76. The molecule has 4 rings (SSSR count). The summed E-state index contributed by atoms with van der Waals surface area (Å²) in [6, 6.07) is 16.4. The Bertz CT molecular complexity index is 806. The lowest BCUT2D eigenvalue weighted by Gasteiger charge is -2.25. The molecule has 1 heterocycles. The van der Waals surface area contributed by atoms with Crippen molar-refractivity contribution in [3.8, 4) is 5.75 Å². The predicted octanol–water partition coefficient (Wildman–Crippen LogP) is 4.69.